The van der Waals surface area contributed by atoms with Crippen molar-refractivity contribution in [3.63, 3.8) is 0 Å². The maximum Gasteiger partial charge on any atom is 0.251 e. The first-order valence-corrected chi connectivity index (χ1v) is 5.50. The van der Waals surface area contributed by atoms with Crippen molar-refractivity contribution in [3.05, 3.63) is 53.8 Å². The van der Waals surface area contributed by atoms with Crippen LogP contribution >= 0.6 is 0 Å². The van der Waals surface area contributed by atoms with Gasteiger partial charge in [-0.1, -0.05) is 36.4 Å². The van der Waals surface area contributed by atoms with E-state index in [2.05, 4.69) is 5.32 Å². The number of nitrogens with two attached hydrogens (primary N) is 1. The third kappa shape index (κ3) is 2.05. The molecular formula is C14H13FN2O. The number of halogens is 1. The summed E-state index contributed by atoms with van der Waals surface area (Å²) in [5.74, 6) is -1.39. The highest BCUT2D eigenvalue weighted by Crippen LogP contribution is 2.31. The molecule has 4 heteroatoms. The molecular weight excluding hydrogens is 231 g/mol. The molecule has 0 saturated carbocycles. The number of carbonyl (C=O) groups is 1. The predicted molar refractivity (Wildman–Crippen MR) is 69.9 cm³/mol. The van der Waals surface area contributed by atoms with Gasteiger partial charge in [-0.05, 0) is 11.6 Å². The van der Waals surface area contributed by atoms with Crippen LogP contribution in [-0.2, 0) is 0 Å². The van der Waals surface area contributed by atoms with Crippen LogP contribution in [0.15, 0.2) is 42.5 Å². The van der Waals surface area contributed by atoms with Crippen LogP contribution in [0.25, 0.3) is 11.1 Å². The number of hydrogen-bond donors (Lipinski definition) is 2. The van der Waals surface area contributed by atoms with Gasteiger partial charge in [-0.25, -0.2) is 4.39 Å². The first-order chi connectivity index (χ1) is 8.65. The standard InChI is InChI=1S/C14H13FN2O/c1-17-13-10(9-5-3-2-4-6-9)7-8-11(12(13)15)14(16)18/h2-8,17H,1H3,(H2,16,18). The van der Waals surface area contributed by atoms with Gasteiger partial charge in [-0.2, -0.15) is 0 Å². The van der Waals surface area contributed by atoms with E-state index in [9.17, 15) is 9.18 Å². The summed E-state index contributed by atoms with van der Waals surface area (Å²) in [5, 5.41) is 2.77. The second-order valence-corrected chi connectivity index (χ2v) is 3.83. The topological polar surface area (TPSA) is 55.1 Å². The number of benzene rings is 2. The maximum absolute atomic E-state index is 14.1. The Kier molecular flexibility index (Phi) is 3.28. The molecule has 0 atom stereocenters. The van der Waals surface area contributed by atoms with Gasteiger partial charge in [0.05, 0.1) is 11.3 Å². The summed E-state index contributed by atoms with van der Waals surface area (Å²) in [4.78, 5) is 11.1. The monoisotopic (exact) mass is 244 g/mol. The summed E-state index contributed by atoms with van der Waals surface area (Å²) >= 11 is 0. The molecule has 0 heterocycles. The summed E-state index contributed by atoms with van der Waals surface area (Å²) in [6, 6.07) is 12.5. The lowest BCUT2D eigenvalue weighted by Crippen LogP contribution is -2.14. The van der Waals surface area contributed by atoms with Gasteiger partial charge >= 0.3 is 0 Å². The van der Waals surface area contributed by atoms with E-state index >= 15 is 0 Å². The molecule has 0 radical (unpaired) electrons. The molecule has 2 rings (SSSR count). The van der Waals surface area contributed by atoms with Gasteiger partial charge in [0.25, 0.3) is 5.91 Å². The molecule has 0 unspecified atom stereocenters. The van der Waals surface area contributed by atoms with Gasteiger partial charge in [0.2, 0.25) is 0 Å². The van der Waals surface area contributed by atoms with Crippen molar-refractivity contribution in [2.24, 2.45) is 5.73 Å². The maximum atomic E-state index is 14.1. The molecule has 0 fully saturated rings. The van der Waals surface area contributed by atoms with Crippen LogP contribution in [0.3, 0.4) is 0 Å². The van der Waals surface area contributed by atoms with Crippen molar-refractivity contribution in [1.82, 2.24) is 0 Å². The van der Waals surface area contributed by atoms with Crippen molar-refractivity contribution in [2.45, 2.75) is 0 Å². The minimum absolute atomic E-state index is 0.112. The highest BCUT2D eigenvalue weighted by Gasteiger charge is 2.16. The van der Waals surface area contributed by atoms with E-state index in [1.54, 1.807) is 13.1 Å². The fourth-order valence-corrected chi connectivity index (χ4v) is 1.87. The fourth-order valence-electron chi connectivity index (χ4n) is 1.87. The van der Waals surface area contributed by atoms with Crippen molar-refractivity contribution in [1.29, 1.82) is 0 Å². The van der Waals surface area contributed by atoms with Gasteiger partial charge in [0.15, 0.2) is 5.82 Å². The van der Waals surface area contributed by atoms with E-state index in [0.29, 0.717) is 5.56 Å². The molecule has 0 bridgehead atoms. The summed E-state index contributed by atoms with van der Waals surface area (Å²) in [6.45, 7) is 0. The number of carbonyl (C=O) groups excluding carboxylic acids is 1. The highest BCUT2D eigenvalue weighted by molar-refractivity contribution is 5.96. The molecule has 2 aromatic rings. The van der Waals surface area contributed by atoms with E-state index < -0.39 is 11.7 Å². The molecule has 3 N–H and O–H groups in total. The van der Waals surface area contributed by atoms with Gasteiger partial charge in [-0.15, -0.1) is 0 Å². The summed E-state index contributed by atoms with van der Waals surface area (Å²) < 4.78 is 14.1. The van der Waals surface area contributed by atoms with Crippen LogP contribution in [0.4, 0.5) is 10.1 Å². The zero-order chi connectivity index (χ0) is 13.1. The largest absolute Gasteiger partial charge is 0.385 e. The highest BCUT2D eigenvalue weighted by atomic mass is 19.1. The number of amides is 1. The molecule has 2 aromatic carbocycles. The summed E-state index contributed by atoms with van der Waals surface area (Å²) in [6.07, 6.45) is 0. The molecule has 0 aliphatic rings. The van der Waals surface area contributed by atoms with Gasteiger partial charge in [0.1, 0.15) is 0 Å². The van der Waals surface area contributed by atoms with Crippen LogP contribution in [0.2, 0.25) is 0 Å². The lowest BCUT2D eigenvalue weighted by Gasteiger charge is -2.12. The van der Waals surface area contributed by atoms with Crippen LogP contribution in [0, 0.1) is 5.82 Å². The van der Waals surface area contributed by atoms with Crippen LogP contribution < -0.4 is 11.1 Å². The Morgan fingerprint density at radius 3 is 2.39 bits per heavy atom. The van der Waals surface area contributed by atoms with E-state index in [-0.39, 0.29) is 11.3 Å². The zero-order valence-corrected chi connectivity index (χ0v) is 9.91. The van der Waals surface area contributed by atoms with Crippen molar-refractivity contribution < 1.29 is 9.18 Å². The molecule has 0 saturated heterocycles. The van der Waals surface area contributed by atoms with Gasteiger partial charge in [0, 0.05) is 12.6 Å². The van der Waals surface area contributed by atoms with E-state index in [1.807, 2.05) is 30.3 Å². The summed E-state index contributed by atoms with van der Waals surface area (Å²) in [5.41, 5.74) is 6.85. The third-order valence-corrected chi connectivity index (χ3v) is 2.74. The van der Waals surface area contributed by atoms with Crippen molar-refractivity contribution in [3.8, 4) is 11.1 Å². The molecule has 3 nitrogen and oxygen atoms in total. The lowest BCUT2D eigenvalue weighted by molar-refractivity contribution is 0.0996. The molecule has 0 aromatic heterocycles. The molecule has 0 aliphatic heterocycles. The Bertz CT molecular complexity index is 582. The summed E-state index contributed by atoms with van der Waals surface area (Å²) in [7, 11) is 1.61. The SMILES string of the molecule is CNc1c(-c2ccccc2)ccc(C(N)=O)c1F. The number of primary amides is 1. The second-order valence-electron chi connectivity index (χ2n) is 3.83. The number of nitrogens with one attached hydrogen (secondary N) is 1. The minimum Gasteiger partial charge on any atom is -0.385 e. The predicted octanol–water partition coefficient (Wildman–Crippen LogP) is 2.63. The Hall–Kier alpha value is -2.36. The first-order valence-electron chi connectivity index (χ1n) is 5.50. The fraction of sp³-hybridized carbons (Fsp3) is 0.0714. The minimum atomic E-state index is -0.774. The van der Waals surface area contributed by atoms with E-state index in [0.717, 1.165) is 5.56 Å². The van der Waals surface area contributed by atoms with E-state index in [1.165, 1.54) is 6.07 Å². The molecule has 92 valence electrons. The Morgan fingerprint density at radius 2 is 1.83 bits per heavy atom. The third-order valence-electron chi connectivity index (χ3n) is 2.74. The van der Waals surface area contributed by atoms with Crippen LogP contribution in [-0.4, -0.2) is 13.0 Å². The van der Waals surface area contributed by atoms with E-state index in [4.69, 9.17) is 5.73 Å². The Labute approximate surface area is 104 Å². The van der Waals surface area contributed by atoms with Crippen molar-refractivity contribution in [2.75, 3.05) is 12.4 Å². The average Bonchev–Trinajstić information content (AvgIpc) is 2.39. The number of hydrogen-bond acceptors (Lipinski definition) is 2. The molecule has 0 spiro atoms. The van der Waals surface area contributed by atoms with Crippen LogP contribution in [0.5, 0.6) is 0 Å². The number of anilines is 1. The Balaban J connectivity index is 2.64. The zero-order valence-electron chi connectivity index (χ0n) is 9.91. The first kappa shape index (κ1) is 12.1. The Morgan fingerprint density at radius 1 is 1.17 bits per heavy atom. The number of rotatable bonds is 3. The smallest absolute Gasteiger partial charge is 0.251 e. The van der Waals surface area contributed by atoms with Gasteiger partial charge < -0.3 is 11.1 Å². The molecule has 0 aliphatic carbocycles. The lowest BCUT2D eigenvalue weighted by atomic mass is 10.0. The average molecular weight is 244 g/mol. The van der Waals surface area contributed by atoms with Crippen LogP contribution in [0.1, 0.15) is 10.4 Å². The molecule has 18 heavy (non-hydrogen) atoms. The van der Waals surface area contributed by atoms with Crippen molar-refractivity contribution >= 4 is 11.6 Å². The van der Waals surface area contributed by atoms with Gasteiger partial charge in [-0.3, -0.25) is 4.79 Å². The normalized spacial score (nSPS) is 10.1. The quantitative estimate of drug-likeness (QED) is 0.872. The second kappa shape index (κ2) is 4.87. The molecule has 1 amide bonds.